The molecule has 0 aromatic carbocycles. The van der Waals surface area contributed by atoms with Crippen molar-refractivity contribution in [3.05, 3.63) is 11.8 Å². The highest BCUT2D eigenvalue weighted by molar-refractivity contribution is 5.88. The van der Waals surface area contributed by atoms with Crippen molar-refractivity contribution in [1.82, 2.24) is 14.7 Å². The molecule has 1 fully saturated rings. The second kappa shape index (κ2) is 5.42. The zero-order chi connectivity index (χ0) is 13.1. The Hall–Kier alpha value is -1.52. The number of carbonyl (C=O) groups excluding carboxylic acids is 1. The molecule has 1 N–H and O–H groups in total. The van der Waals surface area contributed by atoms with Crippen molar-refractivity contribution in [2.24, 2.45) is 7.05 Å². The van der Waals surface area contributed by atoms with Gasteiger partial charge in [0.25, 0.3) is 0 Å². The van der Waals surface area contributed by atoms with Gasteiger partial charge in [-0.05, 0) is 25.7 Å². The molecule has 1 aromatic heterocycles. The van der Waals surface area contributed by atoms with Crippen LogP contribution in [0.2, 0.25) is 0 Å². The summed E-state index contributed by atoms with van der Waals surface area (Å²) in [7, 11) is 1.86. The van der Waals surface area contributed by atoms with Gasteiger partial charge < -0.3 is 4.90 Å². The topological polar surface area (TPSA) is 50.2 Å². The molecule has 0 aliphatic carbocycles. The van der Waals surface area contributed by atoms with Gasteiger partial charge in [0.1, 0.15) is 5.82 Å². The number of aromatic nitrogens is 2. The van der Waals surface area contributed by atoms with E-state index in [0.29, 0.717) is 6.04 Å². The summed E-state index contributed by atoms with van der Waals surface area (Å²) in [5, 5.41) is 7.29. The third-order valence-electron chi connectivity index (χ3n) is 3.64. The molecule has 1 aliphatic heterocycles. The van der Waals surface area contributed by atoms with Gasteiger partial charge in [-0.3, -0.25) is 10.00 Å². The molecule has 1 atom stereocenters. The fourth-order valence-corrected chi connectivity index (χ4v) is 2.53. The number of carbonyl (C=O) groups is 1. The Balaban J connectivity index is 2.04. The van der Waals surface area contributed by atoms with Gasteiger partial charge in [-0.25, -0.2) is 4.79 Å². The van der Waals surface area contributed by atoms with E-state index in [-0.39, 0.29) is 6.03 Å². The first-order valence-corrected chi connectivity index (χ1v) is 6.76. The van der Waals surface area contributed by atoms with Crippen molar-refractivity contribution in [2.45, 2.75) is 45.6 Å². The third-order valence-corrected chi connectivity index (χ3v) is 3.64. The molecule has 0 saturated carbocycles. The Labute approximate surface area is 108 Å². The number of nitrogens with zero attached hydrogens (tertiary/aromatic N) is 3. The van der Waals surface area contributed by atoms with Gasteiger partial charge in [0.15, 0.2) is 0 Å². The zero-order valence-electron chi connectivity index (χ0n) is 11.4. The van der Waals surface area contributed by atoms with Crippen LogP contribution in [0.25, 0.3) is 0 Å². The second-order valence-corrected chi connectivity index (χ2v) is 4.83. The van der Waals surface area contributed by atoms with E-state index >= 15 is 0 Å². The van der Waals surface area contributed by atoms with Gasteiger partial charge in [0.05, 0.1) is 5.69 Å². The Morgan fingerprint density at radius 3 is 2.94 bits per heavy atom. The number of urea groups is 1. The maximum atomic E-state index is 12.2. The summed E-state index contributed by atoms with van der Waals surface area (Å²) in [6.07, 6.45) is 4.14. The molecule has 5 nitrogen and oxygen atoms in total. The first-order valence-electron chi connectivity index (χ1n) is 6.76. The molecule has 5 heteroatoms. The van der Waals surface area contributed by atoms with E-state index in [1.807, 2.05) is 18.0 Å². The second-order valence-electron chi connectivity index (χ2n) is 4.83. The molecule has 1 aromatic rings. The van der Waals surface area contributed by atoms with E-state index < -0.39 is 0 Å². The van der Waals surface area contributed by atoms with E-state index in [2.05, 4.69) is 24.3 Å². The van der Waals surface area contributed by atoms with E-state index in [0.717, 1.165) is 43.7 Å². The SMILES string of the molecule is CCc1cc(NC(=O)N2CCCC2CC)n(C)n1. The molecule has 2 amide bonds. The third kappa shape index (κ3) is 2.49. The van der Waals surface area contributed by atoms with Crippen LogP contribution in [0.3, 0.4) is 0 Å². The molecule has 0 spiro atoms. The van der Waals surface area contributed by atoms with Gasteiger partial charge in [-0.15, -0.1) is 0 Å². The van der Waals surface area contributed by atoms with Crippen LogP contribution in [0, 0.1) is 0 Å². The number of hydrogen-bond acceptors (Lipinski definition) is 2. The minimum atomic E-state index is 0.00463. The monoisotopic (exact) mass is 250 g/mol. The molecule has 1 aliphatic rings. The van der Waals surface area contributed by atoms with Gasteiger partial charge in [-0.2, -0.15) is 5.10 Å². The molecular formula is C13H22N4O. The minimum Gasteiger partial charge on any atom is -0.322 e. The maximum Gasteiger partial charge on any atom is 0.323 e. The van der Waals surface area contributed by atoms with Crippen LogP contribution in [0.15, 0.2) is 6.07 Å². The van der Waals surface area contributed by atoms with E-state index in [1.165, 1.54) is 0 Å². The van der Waals surface area contributed by atoms with Crippen LogP contribution in [0.5, 0.6) is 0 Å². The average molecular weight is 250 g/mol. The number of hydrogen-bond donors (Lipinski definition) is 1. The fourth-order valence-electron chi connectivity index (χ4n) is 2.53. The average Bonchev–Trinajstić information content (AvgIpc) is 2.96. The largest absolute Gasteiger partial charge is 0.323 e. The van der Waals surface area contributed by atoms with E-state index in [1.54, 1.807) is 4.68 Å². The number of nitrogens with one attached hydrogen (secondary N) is 1. The molecule has 2 rings (SSSR count). The van der Waals surface area contributed by atoms with Crippen molar-refractivity contribution >= 4 is 11.8 Å². The number of likely N-dealkylation sites (tertiary alicyclic amines) is 1. The fraction of sp³-hybridized carbons (Fsp3) is 0.692. The smallest absolute Gasteiger partial charge is 0.322 e. The lowest BCUT2D eigenvalue weighted by molar-refractivity contribution is 0.205. The number of rotatable bonds is 3. The van der Waals surface area contributed by atoms with Crippen LogP contribution in [0.1, 0.15) is 38.8 Å². The van der Waals surface area contributed by atoms with Crippen molar-refractivity contribution < 1.29 is 4.79 Å². The lowest BCUT2D eigenvalue weighted by Gasteiger charge is -2.23. The predicted molar refractivity (Wildman–Crippen MR) is 71.6 cm³/mol. The summed E-state index contributed by atoms with van der Waals surface area (Å²) in [4.78, 5) is 14.2. The lowest BCUT2D eigenvalue weighted by atomic mass is 10.2. The number of amides is 2. The minimum absolute atomic E-state index is 0.00463. The van der Waals surface area contributed by atoms with E-state index in [4.69, 9.17) is 0 Å². The molecule has 100 valence electrons. The Kier molecular flexibility index (Phi) is 3.89. The van der Waals surface area contributed by atoms with Crippen LogP contribution in [-0.4, -0.2) is 33.3 Å². The summed E-state index contributed by atoms with van der Waals surface area (Å²) in [5.74, 6) is 0.776. The van der Waals surface area contributed by atoms with Gasteiger partial charge >= 0.3 is 6.03 Å². The Bertz CT molecular complexity index is 427. The van der Waals surface area contributed by atoms with Gasteiger partial charge in [0, 0.05) is 25.7 Å². The molecule has 1 saturated heterocycles. The standard InChI is InChI=1S/C13H22N4O/c1-4-10-9-12(16(3)15-10)14-13(18)17-8-6-7-11(17)5-2/h9,11H,4-8H2,1-3H3,(H,14,18). The highest BCUT2D eigenvalue weighted by Crippen LogP contribution is 2.21. The molecule has 0 bridgehead atoms. The highest BCUT2D eigenvalue weighted by atomic mass is 16.2. The molecule has 2 heterocycles. The van der Waals surface area contributed by atoms with Gasteiger partial charge in [-0.1, -0.05) is 13.8 Å². The van der Waals surface area contributed by atoms with E-state index in [9.17, 15) is 4.79 Å². The molecular weight excluding hydrogens is 228 g/mol. The molecule has 18 heavy (non-hydrogen) atoms. The summed E-state index contributed by atoms with van der Waals surface area (Å²) in [6.45, 7) is 5.06. The van der Waals surface area contributed by atoms with Gasteiger partial charge in [0.2, 0.25) is 0 Å². The molecule has 0 radical (unpaired) electrons. The van der Waals surface area contributed by atoms with Crippen molar-refractivity contribution in [3.8, 4) is 0 Å². The van der Waals surface area contributed by atoms with Crippen molar-refractivity contribution in [3.63, 3.8) is 0 Å². The highest BCUT2D eigenvalue weighted by Gasteiger charge is 2.27. The summed E-state index contributed by atoms with van der Waals surface area (Å²) in [6, 6.07) is 2.34. The summed E-state index contributed by atoms with van der Waals surface area (Å²) >= 11 is 0. The van der Waals surface area contributed by atoms with Crippen molar-refractivity contribution in [2.75, 3.05) is 11.9 Å². The zero-order valence-corrected chi connectivity index (χ0v) is 11.4. The quantitative estimate of drug-likeness (QED) is 0.895. The Morgan fingerprint density at radius 1 is 1.56 bits per heavy atom. The summed E-state index contributed by atoms with van der Waals surface area (Å²) in [5.41, 5.74) is 1.00. The first-order chi connectivity index (χ1) is 8.65. The molecule has 1 unspecified atom stereocenters. The maximum absolute atomic E-state index is 12.2. The first kappa shape index (κ1) is 12.9. The van der Waals surface area contributed by atoms with Crippen LogP contribution >= 0.6 is 0 Å². The predicted octanol–water partition coefficient (Wildman–Crippen LogP) is 2.39. The lowest BCUT2D eigenvalue weighted by Crippen LogP contribution is -2.38. The number of anilines is 1. The van der Waals surface area contributed by atoms with Crippen LogP contribution < -0.4 is 5.32 Å². The van der Waals surface area contributed by atoms with Crippen molar-refractivity contribution in [1.29, 1.82) is 0 Å². The van der Waals surface area contributed by atoms with Crippen LogP contribution in [0.4, 0.5) is 10.6 Å². The Morgan fingerprint density at radius 2 is 2.33 bits per heavy atom. The summed E-state index contributed by atoms with van der Waals surface area (Å²) < 4.78 is 1.73. The number of aryl methyl sites for hydroxylation is 2. The normalized spacial score (nSPS) is 19.3. The van der Waals surface area contributed by atoms with Crippen LogP contribution in [-0.2, 0) is 13.5 Å².